The van der Waals surface area contributed by atoms with E-state index in [9.17, 15) is 22.8 Å². The summed E-state index contributed by atoms with van der Waals surface area (Å²) in [5.74, 6) is -1.33. The molecule has 0 unspecified atom stereocenters. The van der Waals surface area contributed by atoms with Crippen molar-refractivity contribution in [3.05, 3.63) is 64.1 Å². The summed E-state index contributed by atoms with van der Waals surface area (Å²) in [6, 6.07) is 11.3. The van der Waals surface area contributed by atoms with Crippen LogP contribution in [-0.2, 0) is 32.4 Å². The van der Waals surface area contributed by atoms with Crippen LogP contribution >= 0.6 is 0 Å². The third-order valence-electron chi connectivity index (χ3n) is 4.67. The number of carbonyl (C=O) groups excluding carboxylic acids is 2. The summed E-state index contributed by atoms with van der Waals surface area (Å²) in [5.41, 5.74) is 0.249. The Morgan fingerprint density at radius 1 is 1.03 bits per heavy atom. The van der Waals surface area contributed by atoms with Gasteiger partial charge in [0.2, 0.25) is 10.0 Å². The molecule has 30 heavy (non-hydrogen) atoms. The van der Waals surface area contributed by atoms with Crippen molar-refractivity contribution in [2.45, 2.75) is 5.75 Å². The highest BCUT2D eigenvalue weighted by molar-refractivity contribution is 7.88. The van der Waals surface area contributed by atoms with Gasteiger partial charge in [-0.2, -0.15) is 9.40 Å². The van der Waals surface area contributed by atoms with E-state index in [2.05, 4.69) is 5.10 Å². The van der Waals surface area contributed by atoms with E-state index in [-0.39, 0.29) is 43.2 Å². The molecular formula is C19H22N4O6S. The molecule has 1 aliphatic rings. The number of aromatic nitrogens is 2. The van der Waals surface area contributed by atoms with Gasteiger partial charge in [-0.05, 0) is 11.6 Å². The SMILES string of the molecule is Cn1nc(C(=O)OCC(=O)N2CCN(S(=O)(=O)Cc3ccccc3)CC2)ccc1=O. The number of rotatable bonds is 6. The minimum Gasteiger partial charge on any atom is -0.451 e. The molecule has 1 aromatic heterocycles. The molecule has 0 bridgehead atoms. The van der Waals surface area contributed by atoms with Crippen molar-refractivity contribution in [2.75, 3.05) is 32.8 Å². The molecule has 2 heterocycles. The highest BCUT2D eigenvalue weighted by atomic mass is 32.2. The molecular weight excluding hydrogens is 412 g/mol. The maximum absolute atomic E-state index is 12.6. The number of aryl methyl sites for hydroxylation is 1. The Morgan fingerprint density at radius 3 is 2.33 bits per heavy atom. The van der Waals surface area contributed by atoms with Crippen molar-refractivity contribution >= 4 is 21.9 Å². The van der Waals surface area contributed by atoms with E-state index in [1.807, 2.05) is 6.07 Å². The lowest BCUT2D eigenvalue weighted by Crippen LogP contribution is -2.51. The summed E-state index contributed by atoms with van der Waals surface area (Å²) in [7, 11) is -2.08. The maximum Gasteiger partial charge on any atom is 0.359 e. The minimum absolute atomic E-state index is 0.0817. The molecule has 1 fully saturated rings. The number of nitrogens with zero attached hydrogens (tertiary/aromatic N) is 4. The zero-order valence-corrected chi connectivity index (χ0v) is 17.2. The number of carbonyl (C=O) groups is 2. The van der Waals surface area contributed by atoms with Crippen molar-refractivity contribution in [3.8, 4) is 0 Å². The van der Waals surface area contributed by atoms with E-state index in [0.29, 0.717) is 5.56 Å². The summed E-state index contributed by atoms with van der Waals surface area (Å²) < 4.78 is 32.5. The van der Waals surface area contributed by atoms with E-state index in [1.165, 1.54) is 28.4 Å². The van der Waals surface area contributed by atoms with Gasteiger partial charge in [0.1, 0.15) is 0 Å². The number of sulfonamides is 1. The number of ether oxygens (including phenoxy) is 1. The van der Waals surface area contributed by atoms with E-state index < -0.39 is 28.5 Å². The molecule has 1 saturated heterocycles. The maximum atomic E-state index is 12.6. The molecule has 0 saturated carbocycles. The Kier molecular flexibility index (Phi) is 6.63. The van der Waals surface area contributed by atoms with Gasteiger partial charge >= 0.3 is 5.97 Å². The lowest BCUT2D eigenvalue weighted by molar-refractivity contribution is -0.135. The standard InChI is InChI=1S/C19H22N4O6S/c1-21-17(24)8-7-16(20-21)19(26)29-13-18(25)22-9-11-23(12-10-22)30(27,28)14-15-5-3-2-4-6-15/h2-8H,9-14H2,1H3. The summed E-state index contributed by atoms with van der Waals surface area (Å²) in [5, 5.41) is 3.77. The molecule has 1 aromatic carbocycles. The quantitative estimate of drug-likeness (QED) is 0.568. The molecule has 3 rings (SSSR count). The van der Waals surface area contributed by atoms with Gasteiger partial charge in [0.25, 0.3) is 11.5 Å². The van der Waals surface area contributed by atoms with Crippen molar-refractivity contribution in [1.29, 1.82) is 0 Å². The Labute approximate surface area is 173 Å². The van der Waals surface area contributed by atoms with E-state index in [0.717, 1.165) is 4.68 Å². The topological polar surface area (TPSA) is 119 Å². The number of piperazine rings is 1. The molecule has 160 valence electrons. The fourth-order valence-corrected chi connectivity index (χ4v) is 4.51. The third kappa shape index (κ3) is 5.30. The number of hydrogen-bond acceptors (Lipinski definition) is 7. The summed E-state index contributed by atoms with van der Waals surface area (Å²) in [4.78, 5) is 37.1. The fourth-order valence-electron chi connectivity index (χ4n) is 3.00. The number of amides is 1. The molecule has 10 nitrogen and oxygen atoms in total. The van der Waals surface area contributed by atoms with Gasteiger partial charge in [0, 0.05) is 39.3 Å². The predicted octanol–water partition coefficient (Wildman–Crippen LogP) is -0.389. The number of benzene rings is 1. The third-order valence-corrected chi connectivity index (χ3v) is 6.52. The number of esters is 1. The smallest absolute Gasteiger partial charge is 0.359 e. The van der Waals surface area contributed by atoms with Crippen LogP contribution in [0.5, 0.6) is 0 Å². The van der Waals surface area contributed by atoms with Crippen LogP contribution in [0.15, 0.2) is 47.3 Å². The summed E-state index contributed by atoms with van der Waals surface area (Å²) in [6.07, 6.45) is 0. The Morgan fingerprint density at radius 2 is 1.70 bits per heavy atom. The van der Waals surface area contributed by atoms with Gasteiger partial charge in [0.05, 0.1) is 5.75 Å². The molecule has 1 amide bonds. The Bertz CT molecular complexity index is 1080. The van der Waals surface area contributed by atoms with Gasteiger partial charge < -0.3 is 9.64 Å². The summed E-state index contributed by atoms with van der Waals surface area (Å²) >= 11 is 0. The first-order valence-corrected chi connectivity index (χ1v) is 10.9. The normalized spacial score (nSPS) is 15.0. The first-order valence-electron chi connectivity index (χ1n) is 9.27. The van der Waals surface area contributed by atoms with Gasteiger partial charge in [-0.1, -0.05) is 30.3 Å². The molecule has 11 heteroatoms. The van der Waals surface area contributed by atoms with E-state index >= 15 is 0 Å². The Balaban J connectivity index is 1.49. The van der Waals surface area contributed by atoms with Crippen molar-refractivity contribution in [1.82, 2.24) is 19.0 Å². The largest absolute Gasteiger partial charge is 0.451 e. The van der Waals surface area contributed by atoms with Crippen molar-refractivity contribution < 1.29 is 22.7 Å². The zero-order valence-electron chi connectivity index (χ0n) is 16.4. The van der Waals surface area contributed by atoms with Crippen LogP contribution in [0.4, 0.5) is 0 Å². The van der Waals surface area contributed by atoms with Crippen LogP contribution in [0.2, 0.25) is 0 Å². The number of hydrogen-bond donors (Lipinski definition) is 0. The second kappa shape index (κ2) is 9.18. The Hall–Kier alpha value is -3.05. The first-order chi connectivity index (χ1) is 14.3. The van der Waals surface area contributed by atoms with Gasteiger partial charge in [-0.25, -0.2) is 17.9 Å². The van der Waals surface area contributed by atoms with Crippen molar-refractivity contribution in [2.24, 2.45) is 7.05 Å². The molecule has 2 aromatic rings. The predicted molar refractivity (Wildman–Crippen MR) is 107 cm³/mol. The van der Waals surface area contributed by atoms with E-state index in [4.69, 9.17) is 4.74 Å². The molecule has 1 aliphatic heterocycles. The molecule has 0 atom stereocenters. The van der Waals surface area contributed by atoms with Crippen LogP contribution in [0.25, 0.3) is 0 Å². The fraction of sp³-hybridized carbons (Fsp3) is 0.368. The second-order valence-electron chi connectivity index (χ2n) is 6.78. The van der Waals surface area contributed by atoms with Crippen LogP contribution in [0.3, 0.4) is 0 Å². The lowest BCUT2D eigenvalue weighted by atomic mass is 10.2. The molecule has 0 radical (unpaired) electrons. The average Bonchev–Trinajstić information content (AvgIpc) is 2.74. The molecule has 0 aliphatic carbocycles. The highest BCUT2D eigenvalue weighted by Gasteiger charge is 2.29. The second-order valence-corrected chi connectivity index (χ2v) is 8.75. The minimum atomic E-state index is -3.48. The van der Waals surface area contributed by atoms with Gasteiger partial charge in [0.15, 0.2) is 12.3 Å². The van der Waals surface area contributed by atoms with Gasteiger partial charge in [-0.3, -0.25) is 9.59 Å². The van der Waals surface area contributed by atoms with Gasteiger partial charge in [-0.15, -0.1) is 0 Å². The van der Waals surface area contributed by atoms with Crippen LogP contribution in [0, 0.1) is 0 Å². The highest BCUT2D eigenvalue weighted by Crippen LogP contribution is 2.14. The van der Waals surface area contributed by atoms with E-state index in [1.54, 1.807) is 24.3 Å². The molecule has 0 N–H and O–H groups in total. The lowest BCUT2D eigenvalue weighted by Gasteiger charge is -2.33. The average molecular weight is 434 g/mol. The first kappa shape index (κ1) is 21.7. The van der Waals surface area contributed by atoms with Crippen molar-refractivity contribution in [3.63, 3.8) is 0 Å². The molecule has 0 spiro atoms. The van der Waals surface area contributed by atoms with Crippen LogP contribution < -0.4 is 5.56 Å². The van der Waals surface area contributed by atoms with Crippen LogP contribution in [0.1, 0.15) is 16.1 Å². The van der Waals surface area contributed by atoms with Crippen LogP contribution in [-0.4, -0.2) is 72.1 Å². The zero-order chi connectivity index (χ0) is 21.7. The summed E-state index contributed by atoms with van der Waals surface area (Å²) in [6.45, 7) is 0.291. The monoisotopic (exact) mass is 434 g/mol.